The highest BCUT2D eigenvalue weighted by molar-refractivity contribution is 7.99. The maximum absolute atomic E-state index is 12.3. The summed E-state index contributed by atoms with van der Waals surface area (Å²) in [5.74, 6) is 1.35. The molecule has 0 spiro atoms. The molecular weight excluding hydrogens is 322 g/mol. The van der Waals surface area contributed by atoms with Crippen molar-refractivity contribution in [1.29, 1.82) is 0 Å². The maximum atomic E-state index is 12.3. The molecule has 1 aliphatic heterocycles. The zero-order valence-corrected chi connectivity index (χ0v) is 14.8. The summed E-state index contributed by atoms with van der Waals surface area (Å²) < 4.78 is 26.0. The average molecular weight is 350 g/mol. The van der Waals surface area contributed by atoms with Crippen molar-refractivity contribution in [2.75, 3.05) is 36.9 Å². The Morgan fingerprint density at radius 2 is 2.05 bits per heavy atom. The Morgan fingerprint density at radius 1 is 1.36 bits per heavy atom. The number of nitrogens with zero attached hydrogens (tertiary/aromatic N) is 1. The van der Waals surface area contributed by atoms with Crippen molar-refractivity contribution in [3.63, 3.8) is 0 Å². The number of nitrogens with one attached hydrogen (secondary N) is 1. The highest BCUT2D eigenvalue weighted by Gasteiger charge is 2.37. The predicted molar refractivity (Wildman–Crippen MR) is 90.2 cm³/mol. The van der Waals surface area contributed by atoms with Crippen LogP contribution in [-0.2, 0) is 14.8 Å². The summed E-state index contributed by atoms with van der Waals surface area (Å²) in [6.45, 7) is 3.23. The average Bonchev–Trinajstić information content (AvgIpc) is 2.47. The molecule has 6 nitrogen and oxygen atoms in total. The van der Waals surface area contributed by atoms with Gasteiger partial charge < -0.3 is 11.1 Å². The van der Waals surface area contributed by atoms with Gasteiger partial charge in [-0.2, -0.15) is 11.8 Å². The van der Waals surface area contributed by atoms with Crippen molar-refractivity contribution >= 4 is 27.7 Å². The normalized spacial score (nSPS) is 30.9. The van der Waals surface area contributed by atoms with Crippen LogP contribution in [0.1, 0.15) is 32.6 Å². The van der Waals surface area contributed by atoms with E-state index in [-0.39, 0.29) is 24.1 Å². The Bertz CT molecular complexity index is 488. The van der Waals surface area contributed by atoms with E-state index in [0.29, 0.717) is 13.1 Å². The van der Waals surface area contributed by atoms with Gasteiger partial charge >= 0.3 is 0 Å². The summed E-state index contributed by atoms with van der Waals surface area (Å²) >= 11 is 1.77. The second-order valence-electron chi connectivity index (χ2n) is 6.42. The lowest BCUT2D eigenvalue weighted by Gasteiger charge is -2.37. The Hall–Kier alpha value is -0.310. The van der Waals surface area contributed by atoms with Gasteiger partial charge in [0.15, 0.2) is 0 Å². The van der Waals surface area contributed by atoms with E-state index in [0.717, 1.165) is 37.2 Å². The van der Waals surface area contributed by atoms with Crippen LogP contribution in [0.25, 0.3) is 0 Å². The fourth-order valence-electron chi connectivity index (χ4n) is 3.17. The summed E-state index contributed by atoms with van der Waals surface area (Å²) in [6.07, 6.45) is 3.69. The zero-order chi connectivity index (χ0) is 16.2. The topological polar surface area (TPSA) is 92.5 Å². The number of amides is 1. The largest absolute Gasteiger partial charge is 0.355 e. The Kier molecular flexibility index (Phi) is 6.15. The minimum absolute atomic E-state index is 0.0303. The molecule has 1 amide bonds. The molecule has 2 rings (SSSR count). The molecule has 3 N–H and O–H groups in total. The molecule has 2 atom stereocenters. The number of thioether (sulfide) groups is 1. The van der Waals surface area contributed by atoms with Gasteiger partial charge in [0, 0.05) is 36.7 Å². The van der Waals surface area contributed by atoms with Crippen molar-refractivity contribution < 1.29 is 13.2 Å². The summed E-state index contributed by atoms with van der Waals surface area (Å²) in [6, 6.07) is 0. The van der Waals surface area contributed by atoms with E-state index in [1.54, 1.807) is 11.8 Å². The first-order chi connectivity index (χ1) is 10.3. The minimum atomic E-state index is -3.26. The molecule has 0 aromatic rings. The number of carbonyl (C=O) groups is 1. The third-order valence-corrected chi connectivity index (χ3v) is 7.41. The molecule has 22 heavy (non-hydrogen) atoms. The van der Waals surface area contributed by atoms with E-state index in [1.807, 2.05) is 6.92 Å². The molecule has 8 heteroatoms. The highest BCUT2D eigenvalue weighted by atomic mass is 32.2. The molecular formula is C14H27N3O3S2. The standard InChI is InChI=1S/C14H27N3O3S2/c1-14(15)5-3-2-4-12(14)13(18)16-6-11-22(19,20)17-7-9-21-10-8-17/h12H,2-11,15H2,1H3,(H,16,18). The van der Waals surface area contributed by atoms with E-state index < -0.39 is 15.6 Å². The SMILES string of the molecule is CC1(N)CCCCC1C(=O)NCCS(=O)(=O)N1CCSCC1. The molecule has 1 heterocycles. The Labute approximate surface area is 137 Å². The van der Waals surface area contributed by atoms with Gasteiger partial charge in [-0.1, -0.05) is 12.8 Å². The van der Waals surface area contributed by atoms with Gasteiger partial charge in [-0.25, -0.2) is 12.7 Å². The minimum Gasteiger partial charge on any atom is -0.355 e. The van der Waals surface area contributed by atoms with Crippen LogP contribution in [0.4, 0.5) is 0 Å². The second-order valence-corrected chi connectivity index (χ2v) is 9.74. The molecule has 0 bridgehead atoms. The summed E-state index contributed by atoms with van der Waals surface area (Å²) in [5, 5.41) is 2.77. The summed E-state index contributed by atoms with van der Waals surface area (Å²) in [7, 11) is -3.26. The molecule has 0 aromatic carbocycles. The van der Waals surface area contributed by atoms with Crippen molar-refractivity contribution in [1.82, 2.24) is 9.62 Å². The molecule has 1 aliphatic carbocycles. The number of rotatable bonds is 5. The lowest BCUT2D eigenvalue weighted by molar-refractivity contribution is -0.127. The van der Waals surface area contributed by atoms with Crippen molar-refractivity contribution in [2.45, 2.75) is 38.1 Å². The molecule has 1 saturated carbocycles. The number of hydrogen-bond donors (Lipinski definition) is 2. The van der Waals surface area contributed by atoms with Gasteiger partial charge in [0.25, 0.3) is 0 Å². The molecule has 2 fully saturated rings. The quantitative estimate of drug-likeness (QED) is 0.749. The molecule has 2 unspecified atom stereocenters. The molecule has 2 aliphatic rings. The number of sulfonamides is 1. The van der Waals surface area contributed by atoms with Crippen LogP contribution in [0.2, 0.25) is 0 Å². The van der Waals surface area contributed by atoms with Crippen LogP contribution < -0.4 is 11.1 Å². The zero-order valence-electron chi connectivity index (χ0n) is 13.2. The lowest BCUT2D eigenvalue weighted by atomic mass is 9.74. The van der Waals surface area contributed by atoms with E-state index >= 15 is 0 Å². The number of hydrogen-bond acceptors (Lipinski definition) is 5. The molecule has 0 aromatic heterocycles. The van der Waals surface area contributed by atoms with Crippen molar-refractivity contribution in [2.24, 2.45) is 11.7 Å². The summed E-state index contributed by atoms with van der Waals surface area (Å²) in [4.78, 5) is 12.3. The first-order valence-corrected chi connectivity index (χ1v) is 10.7. The van der Waals surface area contributed by atoms with Crippen LogP contribution in [0.5, 0.6) is 0 Å². The monoisotopic (exact) mass is 349 g/mol. The van der Waals surface area contributed by atoms with Crippen LogP contribution in [-0.4, -0.2) is 61.1 Å². The van der Waals surface area contributed by atoms with Gasteiger partial charge in [0.2, 0.25) is 15.9 Å². The van der Waals surface area contributed by atoms with E-state index in [9.17, 15) is 13.2 Å². The van der Waals surface area contributed by atoms with Gasteiger partial charge in [-0.3, -0.25) is 4.79 Å². The van der Waals surface area contributed by atoms with Crippen molar-refractivity contribution in [3.05, 3.63) is 0 Å². The maximum Gasteiger partial charge on any atom is 0.224 e. The molecule has 0 radical (unpaired) electrons. The fraction of sp³-hybridized carbons (Fsp3) is 0.929. The summed E-state index contributed by atoms with van der Waals surface area (Å²) in [5.41, 5.74) is 5.73. The number of carbonyl (C=O) groups excluding carboxylic acids is 1. The Balaban J connectivity index is 1.81. The van der Waals surface area contributed by atoms with Gasteiger partial charge in [0.1, 0.15) is 0 Å². The number of nitrogens with two attached hydrogens (primary N) is 1. The van der Waals surface area contributed by atoms with Crippen LogP contribution in [0.15, 0.2) is 0 Å². The predicted octanol–water partition coefficient (Wildman–Crippen LogP) is 0.389. The molecule has 1 saturated heterocycles. The van der Waals surface area contributed by atoms with Gasteiger partial charge in [-0.05, 0) is 19.8 Å². The van der Waals surface area contributed by atoms with Gasteiger partial charge in [0.05, 0.1) is 11.7 Å². The highest BCUT2D eigenvalue weighted by Crippen LogP contribution is 2.31. The third-order valence-electron chi connectivity index (χ3n) is 4.59. The van der Waals surface area contributed by atoms with Crippen molar-refractivity contribution in [3.8, 4) is 0 Å². The van der Waals surface area contributed by atoms with Gasteiger partial charge in [-0.15, -0.1) is 0 Å². The second kappa shape index (κ2) is 7.51. The third kappa shape index (κ3) is 4.59. The smallest absolute Gasteiger partial charge is 0.224 e. The lowest BCUT2D eigenvalue weighted by Crippen LogP contribution is -2.53. The van der Waals surface area contributed by atoms with E-state index in [2.05, 4.69) is 5.32 Å². The first-order valence-electron chi connectivity index (χ1n) is 7.95. The van der Waals surface area contributed by atoms with Crippen LogP contribution >= 0.6 is 11.8 Å². The van der Waals surface area contributed by atoms with E-state index in [4.69, 9.17) is 5.73 Å². The van der Waals surface area contributed by atoms with Crippen LogP contribution in [0, 0.1) is 5.92 Å². The first kappa shape index (κ1) is 18.0. The fourth-order valence-corrected chi connectivity index (χ4v) is 5.66. The Morgan fingerprint density at radius 3 is 2.68 bits per heavy atom. The van der Waals surface area contributed by atoms with E-state index in [1.165, 1.54) is 4.31 Å². The van der Waals surface area contributed by atoms with Crippen LogP contribution in [0.3, 0.4) is 0 Å². The molecule has 128 valence electrons.